The highest BCUT2D eigenvalue weighted by Gasteiger charge is 2.01. The van der Waals surface area contributed by atoms with E-state index in [-0.39, 0.29) is 5.56 Å². The van der Waals surface area contributed by atoms with Gasteiger partial charge in [0.15, 0.2) is 0 Å². The van der Waals surface area contributed by atoms with Crippen molar-refractivity contribution < 1.29 is 4.74 Å². The van der Waals surface area contributed by atoms with Crippen LogP contribution in [0.3, 0.4) is 0 Å². The third kappa shape index (κ3) is 3.24. The van der Waals surface area contributed by atoms with Gasteiger partial charge in [0.2, 0.25) is 0 Å². The zero-order chi connectivity index (χ0) is 8.81. The van der Waals surface area contributed by atoms with Gasteiger partial charge in [0.05, 0.1) is 0 Å². The molecule has 1 rings (SSSR count). The van der Waals surface area contributed by atoms with E-state index in [0.29, 0.717) is 0 Å². The molecule has 0 aromatic heterocycles. The van der Waals surface area contributed by atoms with Crippen molar-refractivity contribution in [2.45, 2.75) is 18.4 Å². The highest BCUT2D eigenvalue weighted by Crippen LogP contribution is 2.08. The zero-order valence-electron chi connectivity index (χ0n) is 7.16. The van der Waals surface area contributed by atoms with Crippen molar-refractivity contribution >= 4 is 11.6 Å². The summed E-state index contributed by atoms with van der Waals surface area (Å²) in [6.45, 7) is 0. The van der Waals surface area contributed by atoms with Gasteiger partial charge in [-0.15, -0.1) is 0 Å². The zero-order valence-corrected chi connectivity index (χ0v) is 7.92. The van der Waals surface area contributed by atoms with Gasteiger partial charge in [-0.1, -0.05) is 41.9 Å². The first-order valence-corrected chi connectivity index (χ1v) is 4.47. The number of methoxy groups -OCH3 is 1. The molecule has 0 radical (unpaired) electrons. The first-order valence-electron chi connectivity index (χ1n) is 4.03. The molecule has 1 nitrogen and oxygen atoms in total. The average molecular weight is 185 g/mol. The molecule has 0 saturated carbocycles. The molecule has 0 spiro atoms. The van der Waals surface area contributed by atoms with Crippen molar-refractivity contribution in [2.75, 3.05) is 7.11 Å². The molecule has 0 heterocycles. The summed E-state index contributed by atoms with van der Waals surface area (Å²) in [5.74, 6) is 0. The Kier molecular flexibility index (Phi) is 4.12. The summed E-state index contributed by atoms with van der Waals surface area (Å²) in [6.07, 6.45) is 1.84. The molecular weight excluding hydrogens is 172 g/mol. The van der Waals surface area contributed by atoms with E-state index in [4.69, 9.17) is 16.3 Å². The van der Waals surface area contributed by atoms with Gasteiger partial charge in [0.1, 0.15) is 5.56 Å². The molecule has 0 aliphatic carbocycles. The van der Waals surface area contributed by atoms with Gasteiger partial charge in [-0.05, 0) is 18.4 Å². The lowest BCUT2D eigenvalue weighted by molar-refractivity contribution is 0.160. The normalized spacial score (nSPS) is 12.8. The summed E-state index contributed by atoms with van der Waals surface area (Å²) in [5.41, 5.74) is 1.14. The lowest BCUT2D eigenvalue weighted by Gasteiger charge is -2.06. The minimum atomic E-state index is -0.162. The van der Waals surface area contributed by atoms with Gasteiger partial charge in [-0.2, -0.15) is 0 Å². The molecule has 0 bridgehead atoms. The topological polar surface area (TPSA) is 9.23 Å². The monoisotopic (exact) mass is 184 g/mol. The molecule has 0 saturated heterocycles. The Morgan fingerprint density at radius 2 is 2.00 bits per heavy atom. The van der Waals surface area contributed by atoms with Gasteiger partial charge in [0, 0.05) is 7.11 Å². The quantitative estimate of drug-likeness (QED) is 0.654. The fourth-order valence-electron chi connectivity index (χ4n) is 1.04. The SMILES string of the molecule is COC(Cl)CCc1ccccc1. The first-order chi connectivity index (χ1) is 5.83. The van der Waals surface area contributed by atoms with Crippen molar-refractivity contribution in [3.8, 4) is 0 Å². The van der Waals surface area contributed by atoms with Crippen LogP contribution in [0.5, 0.6) is 0 Å². The first kappa shape index (κ1) is 9.56. The summed E-state index contributed by atoms with van der Waals surface area (Å²) in [4.78, 5) is 0. The van der Waals surface area contributed by atoms with E-state index in [1.54, 1.807) is 7.11 Å². The van der Waals surface area contributed by atoms with Gasteiger partial charge < -0.3 is 4.74 Å². The number of hydrogen-bond donors (Lipinski definition) is 0. The number of rotatable bonds is 4. The maximum atomic E-state index is 5.79. The smallest absolute Gasteiger partial charge is 0.131 e. The van der Waals surface area contributed by atoms with Crippen LogP contribution in [0.4, 0.5) is 0 Å². The summed E-state index contributed by atoms with van der Waals surface area (Å²) in [7, 11) is 1.63. The van der Waals surface area contributed by atoms with Crippen molar-refractivity contribution in [1.29, 1.82) is 0 Å². The molecule has 0 aliphatic rings. The molecule has 1 atom stereocenters. The molecule has 66 valence electrons. The summed E-state index contributed by atoms with van der Waals surface area (Å²) in [5, 5.41) is 0. The van der Waals surface area contributed by atoms with Gasteiger partial charge in [-0.3, -0.25) is 0 Å². The molecule has 1 aromatic carbocycles. The molecule has 0 amide bonds. The van der Waals surface area contributed by atoms with Crippen LogP contribution in [-0.4, -0.2) is 12.7 Å². The van der Waals surface area contributed by atoms with Crippen molar-refractivity contribution in [3.05, 3.63) is 35.9 Å². The lowest BCUT2D eigenvalue weighted by atomic mass is 10.1. The van der Waals surface area contributed by atoms with Gasteiger partial charge in [-0.25, -0.2) is 0 Å². The Bertz CT molecular complexity index is 210. The number of benzene rings is 1. The number of aryl methyl sites for hydroxylation is 1. The number of alkyl halides is 1. The van der Waals surface area contributed by atoms with Gasteiger partial charge >= 0.3 is 0 Å². The third-order valence-electron chi connectivity index (χ3n) is 1.76. The van der Waals surface area contributed by atoms with Crippen LogP contribution in [0.1, 0.15) is 12.0 Å². The Morgan fingerprint density at radius 1 is 1.33 bits per heavy atom. The minimum absolute atomic E-state index is 0.162. The molecular formula is C10H13ClO. The number of ether oxygens (including phenoxy) is 1. The Labute approximate surface area is 78.3 Å². The molecule has 2 heteroatoms. The van der Waals surface area contributed by atoms with Crippen molar-refractivity contribution in [1.82, 2.24) is 0 Å². The number of hydrogen-bond acceptors (Lipinski definition) is 1. The second-order valence-corrected chi connectivity index (χ2v) is 3.16. The van der Waals surface area contributed by atoms with E-state index in [1.807, 2.05) is 18.2 Å². The van der Waals surface area contributed by atoms with E-state index in [2.05, 4.69) is 12.1 Å². The average Bonchev–Trinajstić information content (AvgIpc) is 2.16. The fraction of sp³-hybridized carbons (Fsp3) is 0.400. The van der Waals surface area contributed by atoms with E-state index in [9.17, 15) is 0 Å². The Balaban J connectivity index is 2.33. The fourth-order valence-corrected chi connectivity index (χ4v) is 1.15. The standard InChI is InChI=1S/C10H13ClO/c1-12-10(11)8-7-9-5-3-2-4-6-9/h2-6,10H,7-8H2,1H3. The third-order valence-corrected chi connectivity index (χ3v) is 2.15. The summed E-state index contributed by atoms with van der Waals surface area (Å²) < 4.78 is 4.94. The van der Waals surface area contributed by atoms with Crippen LogP contribution in [0, 0.1) is 0 Å². The van der Waals surface area contributed by atoms with Crippen LogP contribution in [0.2, 0.25) is 0 Å². The van der Waals surface area contributed by atoms with E-state index >= 15 is 0 Å². The molecule has 0 N–H and O–H groups in total. The van der Waals surface area contributed by atoms with E-state index in [1.165, 1.54) is 5.56 Å². The van der Waals surface area contributed by atoms with E-state index < -0.39 is 0 Å². The Morgan fingerprint density at radius 3 is 2.58 bits per heavy atom. The number of halogens is 1. The van der Waals surface area contributed by atoms with Crippen LogP contribution >= 0.6 is 11.6 Å². The minimum Gasteiger partial charge on any atom is -0.366 e. The molecule has 0 fully saturated rings. The van der Waals surface area contributed by atoms with Crippen LogP contribution in [0.15, 0.2) is 30.3 Å². The van der Waals surface area contributed by atoms with Crippen molar-refractivity contribution in [2.24, 2.45) is 0 Å². The predicted octanol–water partition coefficient (Wildman–Crippen LogP) is 2.83. The maximum Gasteiger partial charge on any atom is 0.131 e. The highest BCUT2D eigenvalue weighted by atomic mass is 35.5. The maximum absolute atomic E-state index is 5.79. The van der Waals surface area contributed by atoms with Crippen LogP contribution in [-0.2, 0) is 11.2 Å². The molecule has 12 heavy (non-hydrogen) atoms. The molecule has 0 aliphatic heterocycles. The van der Waals surface area contributed by atoms with Crippen molar-refractivity contribution in [3.63, 3.8) is 0 Å². The lowest BCUT2D eigenvalue weighted by Crippen LogP contribution is -2.02. The molecule has 1 unspecified atom stereocenters. The highest BCUT2D eigenvalue weighted by molar-refractivity contribution is 6.19. The van der Waals surface area contributed by atoms with Crippen LogP contribution in [0.25, 0.3) is 0 Å². The summed E-state index contributed by atoms with van der Waals surface area (Å²) in [6, 6.07) is 10.3. The molecule has 1 aromatic rings. The predicted molar refractivity (Wildman–Crippen MR) is 51.4 cm³/mol. The van der Waals surface area contributed by atoms with Gasteiger partial charge in [0.25, 0.3) is 0 Å². The Hall–Kier alpha value is -0.530. The van der Waals surface area contributed by atoms with Crippen LogP contribution < -0.4 is 0 Å². The van der Waals surface area contributed by atoms with E-state index in [0.717, 1.165) is 12.8 Å². The largest absolute Gasteiger partial charge is 0.366 e. The second-order valence-electron chi connectivity index (χ2n) is 2.67. The second kappa shape index (κ2) is 5.18. The summed E-state index contributed by atoms with van der Waals surface area (Å²) >= 11 is 5.79.